The molecule has 3 aromatic rings. The molecule has 1 amide bonds. The second-order valence-electron chi connectivity index (χ2n) is 6.95. The van der Waals surface area contributed by atoms with Crippen LogP contribution in [-0.4, -0.2) is 43.8 Å². The summed E-state index contributed by atoms with van der Waals surface area (Å²) in [5.74, 6) is -0.256. The van der Waals surface area contributed by atoms with Gasteiger partial charge in [0.2, 0.25) is 21.5 Å². The SMILES string of the molecule is C[C@@H](CNC(=O)CN(C)S(=O)(=O)c1ccc2[nH]c(=O)ccc2c1)c1ccccc1. The average molecular weight is 413 g/mol. The van der Waals surface area contributed by atoms with E-state index < -0.39 is 10.0 Å². The van der Waals surface area contributed by atoms with E-state index in [1.807, 2.05) is 37.3 Å². The molecule has 1 atom stereocenters. The zero-order valence-corrected chi connectivity index (χ0v) is 17.1. The average Bonchev–Trinajstić information content (AvgIpc) is 2.72. The first kappa shape index (κ1) is 20.8. The highest BCUT2D eigenvalue weighted by molar-refractivity contribution is 7.89. The molecule has 8 heteroatoms. The highest BCUT2D eigenvalue weighted by Gasteiger charge is 2.23. The Morgan fingerprint density at radius 1 is 1.10 bits per heavy atom. The minimum absolute atomic E-state index is 0.0602. The van der Waals surface area contributed by atoms with Crippen molar-refractivity contribution in [1.29, 1.82) is 0 Å². The number of likely N-dealkylation sites (N-methyl/N-ethyl adjacent to an activating group) is 1. The van der Waals surface area contributed by atoms with E-state index >= 15 is 0 Å². The molecule has 29 heavy (non-hydrogen) atoms. The number of sulfonamides is 1. The minimum atomic E-state index is -3.85. The number of carbonyl (C=O) groups is 1. The minimum Gasteiger partial charge on any atom is -0.354 e. The lowest BCUT2D eigenvalue weighted by atomic mass is 10.0. The second kappa shape index (κ2) is 8.59. The summed E-state index contributed by atoms with van der Waals surface area (Å²) in [6, 6.07) is 17.1. The number of H-pyrrole nitrogens is 1. The van der Waals surface area contributed by atoms with Crippen molar-refractivity contribution in [2.24, 2.45) is 0 Å². The molecule has 0 aliphatic carbocycles. The van der Waals surface area contributed by atoms with E-state index in [1.54, 1.807) is 12.1 Å². The van der Waals surface area contributed by atoms with Crippen LogP contribution in [0.5, 0.6) is 0 Å². The van der Waals surface area contributed by atoms with Crippen molar-refractivity contribution in [3.63, 3.8) is 0 Å². The number of pyridine rings is 1. The number of hydrogen-bond acceptors (Lipinski definition) is 4. The highest BCUT2D eigenvalue weighted by Crippen LogP contribution is 2.19. The Morgan fingerprint density at radius 2 is 1.83 bits per heavy atom. The fraction of sp³-hybridized carbons (Fsp3) is 0.238. The predicted molar refractivity (Wildman–Crippen MR) is 112 cm³/mol. The molecule has 0 spiro atoms. The number of amides is 1. The number of nitrogens with one attached hydrogen (secondary N) is 2. The molecular formula is C21H23N3O4S. The van der Waals surface area contributed by atoms with Gasteiger partial charge in [0.25, 0.3) is 0 Å². The van der Waals surface area contributed by atoms with Crippen molar-refractivity contribution in [2.45, 2.75) is 17.7 Å². The Bertz CT molecular complexity index is 1170. The molecule has 7 nitrogen and oxygen atoms in total. The number of aromatic nitrogens is 1. The van der Waals surface area contributed by atoms with Crippen LogP contribution in [0.15, 0.2) is 70.4 Å². The Kier molecular flexibility index (Phi) is 6.14. The van der Waals surface area contributed by atoms with Gasteiger partial charge in [0.05, 0.1) is 11.4 Å². The molecule has 0 saturated heterocycles. The molecule has 2 N–H and O–H groups in total. The number of nitrogens with zero attached hydrogens (tertiary/aromatic N) is 1. The largest absolute Gasteiger partial charge is 0.354 e. The molecule has 0 radical (unpaired) electrons. The lowest BCUT2D eigenvalue weighted by Crippen LogP contribution is -2.39. The molecule has 152 valence electrons. The number of fused-ring (bicyclic) bond motifs is 1. The Hall–Kier alpha value is -2.97. The normalized spacial score (nSPS) is 12.8. The summed E-state index contributed by atoms with van der Waals surface area (Å²) in [6.45, 7) is 2.13. The molecule has 1 aromatic heterocycles. The van der Waals surface area contributed by atoms with Crippen molar-refractivity contribution in [3.8, 4) is 0 Å². The van der Waals surface area contributed by atoms with Crippen molar-refractivity contribution in [2.75, 3.05) is 20.1 Å². The smallest absolute Gasteiger partial charge is 0.248 e. The molecule has 0 unspecified atom stereocenters. The van der Waals surface area contributed by atoms with Gasteiger partial charge in [0.1, 0.15) is 0 Å². The number of benzene rings is 2. The molecule has 0 saturated carbocycles. The molecular weight excluding hydrogens is 390 g/mol. The standard InChI is InChI=1S/C21H23N3O4S/c1-15(16-6-4-3-5-7-16)13-22-21(26)14-24(2)29(27,28)18-9-10-19-17(12-18)8-11-20(25)23-19/h3-12,15H,13-14H2,1-2H3,(H,22,26)(H,23,25)/t15-/m0/s1. The van der Waals surface area contributed by atoms with Gasteiger partial charge >= 0.3 is 0 Å². The predicted octanol–water partition coefficient (Wildman–Crippen LogP) is 2.07. The fourth-order valence-electron chi connectivity index (χ4n) is 2.98. The number of carbonyl (C=O) groups excluding carboxylic acids is 1. The second-order valence-corrected chi connectivity index (χ2v) is 8.99. The molecule has 1 heterocycles. The summed E-state index contributed by atoms with van der Waals surface area (Å²) in [4.78, 5) is 26.3. The van der Waals surface area contributed by atoms with E-state index in [9.17, 15) is 18.0 Å². The summed E-state index contributed by atoms with van der Waals surface area (Å²) in [5.41, 5.74) is 1.39. The third kappa shape index (κ3) is 4.90. The fourth-order valence-corrected chi connectivity index (χ4v) is 4.15. The van der Waals surface area contributed by atoms with E-state index in [4.69, 9.17) is 0 Å². The third-order valence-corrected chi connectivity index (χ3v) is 6.54. The van der Waals surface area contributed by atoms with Gasteiger partial charge in [-0.25, -0.2) is 8.42 Å². The number of rotatable bonds is 7. The van der Waals surface area contributed by atoms with E-state index in [2.05, 4.69) is 10.3 Å². The molecule has 0 bridgehead atoms. The lowest BCUT2D eigenvalue weighted by molar-refractivity contribution is -0.121. The lowest BCUT2D eigenvalue weighted by Gasteiger charge is -2.18. The van der Waals surface area contributed by atoms with Crippen molar-refractivity contribution < 1.29 is 13.2 Å². The summed E-state index contributed by atoms with van der Waals surface area (Å²) < 4.78 is 26.6. The van der Waals surface area contributed by atoms with Crippen molar-refractivity contribution >= 4 is 26.8 Å². The quantitative estimate of drug-likeness (QED) is 0.619. The van der Waals surface area contributed by atoms with Crippen LogP contribution in [0.4, 0.5) is 0 Å². The van der Waals surface area contributed by atoms with Crippen molar-refractivity contribution in [1.82, 2.24) is 14.6 Å². The molecule has 2 aromatic carbocycles. The number of aromatic amines is 1. The Labute approximate surface area is 169 Å². The first-order chi connectivity index (χ1) is 13.8. The molecule has 0 aliphatic heterocycles. The van der Waals surface area contributed by atoms with Gasteiger partial charge in [-0.2, -0.15) is 4.31 Å². The Morgan fingerprint density at radius 3 is 2.55 bits per heavy atom. The highest BCUT2D eigenvalue weighted by atomic mass is 32.2. The molecule has 0 fully saturated rings. The van der Waals surface area contributed by atoms with E-state index in [1.165, 1.54) is 25.2 Å². The van der Waals surface area contributed by atoms with Gasteiger partial charge in [0.15, 0.2) is 0 Å². The summed E-state index contributed by atoms with van der Waals surface area (Å²) >= 11 is 0. The zero-order chi connectivity index (χ0) is 21.0. The van der Waals surface area contributed by atoms with Crippen LogP contribution in [0.1, 0.15) is 18.4 Å². The van der Waals surface area contributed by atoms with Gasteiger partial charge in [-0.3, -0.25) is 9.59 Å². The van der Waals surface area contributed by atoms with Gasteiger partial charge in [-0.15, -0.1) is 0 Å². The van der Waals surface area contributed by atoms with E-state index in [0.717, 1.165) is 9.87 Å². The monoisotopic (exact) mass is 413 g/mol. The maximum atomic E-state index is 12.8. The van der Waals surface area contributed by atoms with Gasteiger partial charge in [-0.05, 0) is 41.1 Å². The first-order valence-electron chi connectivity index (χ1n) is 9.18. The van der Waals surface area contributed by atoms with Gasteiger partial charge in [0, 0.05) is 25.2 Å². The maximum Gasteiger partial charge on any atom is 0.248 e. The summed E-state index contributed by atoms with van der Waals surface area (Å²) in [6.07, 6.45) is 0. The van der Waals surface area contributed by atoms with Crippen LogP contribution in [0, 0.1) is 0 Å². The third-order valence-electron chi connectivity index (χ3n) is 4.74. The first-order valence-corrected chi connectivity index (χ1v) is 10.6. The van der Waals surface area contributed by atoms with Crippen LogP contribution in [0.3, 0.4) is 0 Å². The van der Waals surface area contributed by atoms with Crippen LogP contribution < -0.4 is 10.9 Å². The summed E-state index contributed by atoms with van der Waals surface area (Å²) in [7, 11) is -2.48. The van der Waals surface area contributed by atoms with Crippen molar-refractivity contribution in [3.05, 3.63) is 76.6 Å². The number of hydrogen-bond donors (Lipinski definition) is 2. The van der Waals surface area contributed by atoms with Crippen LogP contribution in [0.2, 0.25) is 0 Å². The van der Waals surface area contributed by atoms with Gasteiger partial charge in [-0.1, -0.05) is 37.3 Å². The van der Waals surface area contributed by atoms with E-state index in [0.29, 0.717) is 17.4 Å². The maximum absolute atomic E-state index is 12.8. The van der Waals surface area contributed by atoms with E-state index in [-0.39, 0.29) is 28.8 Å². The summed E-state index contributed by atoms with van der Waals surface area (Å²) in [5, 5.41) is 3.38. The Balaban J connectivity index is 1.65. The molecule has 3 rings (SSSR count). The zero-order valence-electron chi connectivity index (χ0n) is 16.3. The molecule has 0 aliphatic rings. The van der Waals surface area contributed by atoms with Gasteiger partial charge < -0.3 is 10.3 Å². The van der Waals surface area contributed by atoms with Crippen LogP contribution >= 0.6 is 0 Å². The van der Waals surface area contributed by atoms with Crippen LogP contribution in [-0.2, 0) is 14.8 Å². The van der Waals surface area contributed by atoms with Crippen LogP contribution in [0.25, 0.3) is 10.9 Å². The topological polar surface area (TPSA) is 99.3 Å².